The van der Waals surface area contributed by atoms with Gasteiger partial charge in [-0.1, -0.05) is 44.2 Å². The van der Waals surface area contributed by atoms with Crippen LogP contribution >= 0.6 is 0 Å². The van der Waals surface area contributed by atoms with Crippen molar-refractivity contribution in [1.29, 1.82) is 0 Å². The molecule has 0 radical (unpaired) electrons. The molecule has 0 amide bonds. The average Bonchev–Trinajstić information content (AvgIpc) is 3.03. The first-order valence-corrected chi connectivity index (χ1v) is 12.7. The minimum atomic E-state index is -4.86. The van der Waals surface area contributed by atoms with Gasteiger partial charge in [-0.25, -0.2) is 13.1 Å². The van der Waals surface area contributed by atoms with Crippen molar-refractivity contribution in [1.82, 2.24) is 9.62 Å². The molecular weight excluding hydrogens is 469 g/mol. The van der Waals surface area contributed by atoms with E-state index >= 15 is 0 Å². The fourth-order valence-corrected chi connectivity index (χ4v) is 7.04. The number of rotatable bonds is 7. The summed E-state index contributed by atoms with van der Waals surface area (Å²) >= 11 is 0. The molecule has 1 spiro atoms. The lowest BCUT2D eigenvalue weighted by Crippen LogP contribution is -2.65. The van der Waals surface area contributed by atoms with Gasteiger partial charge in [0.25, 0.3) is 0 Å². The highest BCUT2D eigenvalue weighted by molar-refractivity contribution is 7.89. The second-order valence-electron chi connectivity index (χ2n) is 9.66. The first kappa shape index (κ1) is 25.0. The number of hydrogen-bond acceptors (Lipinski definition) is 5. The molecule has 4 atom stereocenters. The molecule has 1 aliphatic heterocycles. The summed E-state index contributed by atoms with van der Waals surface area (Å²) in [5.74, 6) is -0.180. The minimum absolute atomic E-state index is 0.185. The molecule has 2 fully saturated rings. The lowest BCUT2D eigenvalue weighted by atomic mass is 9.65. The van der Waals surface area contributed by atoms with Crippen molar-refractivity contribution in [2.75, 3.05) is 6.54 Å². The van der Waals surface area contributed by atoms with Gasteiger partial charge in [-0.05, 0) is 48.6 Å². The molecule has 2 N–H and O–H groups in total. The Morgan fingerprint density at radius 2 is 1.76 bits per heavy atom. The van der Waals surface area contributed by atoms with E-state index in [1.165, 1.54) is 5.56 Å². The molecule has 2 aliphatic rings. The summed E-state index contributed by atoms with van der Waals surface area (Å²) in [6.07, 6.45) is -4.71. The SMILES string of the molecule is CC(C)C1N(Cc2ccccc2)CC12C[C@@H](O)[C@H](NS(=O)(=O)c1ccc(OC(F)(F)F)cc1)C2. The van der Waals surface area contributed by atoms with Gasteiger partial charge in [0.15, 0.2) is 0 Å². The average molecular weight is 499 g/mol. The molecular formula is C24H29F3N2O4S. The summed E-state index contributed by atoms with van der Waals surface area (Å²) < 4.78 is 69.2. The van der Waals surface area contributed by atoms with Crippen molar-refractivity contribution >= 4 is 10.0 Å². The highest BCUT2D eigenvalue weighted by Gasteiger charge is 2.59. The topological polar surface area (TPSA) is 78.9 Å². The maximum Gasteiger partial charge on any atom is 0.573 e. The largest absolute Gasteiger partial charge is 0.573 e. The van der Waals surface area contributed by atoms with Crippen LogP contribution in [0.25, 0.3) is 0 Å². The molecule has 1 saturated carbocycles. The third kappa shape index (κ3) is 5.25. The molecule has 34 heavy (non-hydrogen) atoms. The van der Waals surface area contributed by atoms with E-state index in [2.05, 4.69) is 40.3 Å². The van der Waals surface area contributed by atoms with Crippen LogP contribution in [0.4, 0.5) is 13.2 Å². The Morgan fingerprint density at radius 1 is 1.12 bits per heavy atom. The van der Waals surface area contributed by atoms with Crippen molar-refractivity contribution < 1.29 is 31.4 Å². The zero-order valence-electron chi connectivity index (χ0n) is 19.0. The molecule has 186 valence electrons. The van der Waals surface area contributed by atoms with Gasteiger partial charge >= 0.3 is 6.36 Å². The van der Waals surface area contributed by atoms with Crippen molar-refractivity contribution in [3.63, 3.8) is 0 Å². The van der Waals surface area contributed by atoms with E-state index in [-0.39, 0.29) is 16.4 Å². The molecule has 0 bridgehead atoms. The van der Waals surface area contributed by atoms with Gasteiger partial charge in [-0.3, -0.25) is 4.90 Å². The Morgan fingerprint density at radius 3 is 2.35 bits per heavy atom. The lowest BCUT2D eigenvalue weighted by molar-refractivity contribution is -0.274. The fourth-order valence-electron chi connectivity index (χ4n) is 5.77. The van der Waals surface area contributed by atoms with Gasteiger partial charge in [0.05, 0.1) is 11.0 Å². The van der Waals surface area contributed by atoms with Crippen LogP contribution < -0.4 is 9.46 Å². The van der Waals surface area contributed by atoms with Gasteiger partial charge in [-0.15, -0.1) is 13.2 Å². The standard InChI is InChI=1S/C24H29F3N2O4S/c1-16(2)22-23(15-29(22)14-17-6-4-3-5-7-17)12-20(21(30)13-23)28-34(31,32)19-10-8-18(9-11-19)33-24(25,26)27/h3-11,16,20-22,28,30H,12-15H2,1-2H3/t20-,21-,22?,23?/m1/s1. The Hall–Kier alpha value is -2.14. The quantitative estimate of drug-likeness (QED) is 0.605. The van der Waals surface area contributed by atoms with Crippen LogP contribution in [0.3, 0.4) is 0 Å². The molecule has 2 unspecified atom stereocenters. The van der Waals surface area contributed by atoms with Crippen LogP contribution in [0.1, 0.15) is 32.3 Å². The van der Waals surface area contributed by atoms with E-state index < -0.39 is 34.3 Å². The number of alkyl halides is 3. The molecule has 4 rings (SSSR count). The van der Waals surface area contributed by atoms with Crippen molar-refractivity contribution in [3.8, 4) is 5.75 Å². The predicted molar refractivity (Wildman–Crippen MR) is 120 cm³/mol. The number of hydrogen-bond donors (Lipinski definition) is 2. The number of nitrogens with one attached hydrogen (secondary N) is 1. The number of nitrogens with zero attached hydrogens (tertiary/aromatic N) is 1. The number of likely N-dealkylation sites (tertiary alicyclic amines) is 1. The summed E-state index contributed by atoms with van der Waals surface area (Å²) in [6, 6.07) is 13.7. The van der Waals surface area contributed by atoms with Gasteiger partial charge in [-0.2, -0.15) is 0 Å². The molecule has 6 nitrogen and oxygen atoms in total. The normalized spacial score (nSPS) is 27.8. The Bertz CT molecular complexity index is 1090. The summed E-state index contributed by atoms with van der Waals surface area (Å²) in [4.78, 5) is 2.19. The zero-order valence-corrected chi connectivity index (χ0v) is 19.8. The molecule has 10 heteroatoms. The first-order chi connectivity index (χ1) is 15.9. The Labute approximate surface area is 197 Å². The number of aliphatic hydroxyl groups is 1. The molecule has 1 heterocycles. The van der Waals surface area contributed by atoms with Crippen LogP contribution in [0.2, 0.25) is 0 Å². The highest BCUT2D eigenvalue weighted by atomic mass is 32.2. The third-order valence-corrected chi connectivity index (χ3v) is 8.29. The predicted octanol–water partition coefficient (Wildman–Crippen LogP) is 3.91. The number of benzene rings is 2. The Kier molecular flexibility index (Phi) is 6.71. The van der Waals surface area contributed by atoms with Gasteiger partial charge < -0.3 is 9.84 Å². The number of halogens is 3. The van der Waals surface area contributed by atoms with E-state index in [1.807, 2.05) is 18.2 Å². The maximum absolute atomic E-state index is 12.9. The Balaban J connectivity index is 1.44. The van der Waals surface area contributed by atoms with Crippen molar-refractivity contribution in [3.05, 3.63) is 60.2 Å². The molecule has 1 aliphatic carbocycles. The van der Waals surface area contributed by atoms with E-state index in [1.54, 1.807) is 0 Å². The second-order valence-corrected chi connectivity index (χ2v) is 11.4. The van der Waals surface area contributed by atoms with Crippen LogP contribution in [-0.2, 0) is 16.6 Å². The van der Waals surface area contributed by atoms with Crippen LogP contribution in [-0.4, -0.2) is 49.5 Å². The minimum Gasteiger partial charge on any atom is -0.406 e. The number of sulfonamides is 1. The van der Waals surface area contributed by atoms with Crippen LogP contribution in [0.15, 0.2) is 59.5 Å². The third-order valence-electron chi connectivity index (χ3n) is 6.78. The monoisotopic (exact) mass is 498 g/mol. The molecule has 0 aromatic heterocycles. The van der Waals surface area contributed by atoms with Crippen molar-refractivity contribution in [2.24, 2.45) is 11.3 Å². The van der Waals surface area contributed by atoms with Gasteiger partial charge in [0.1, 0.15) is 5.75 Å². The van der Waals surface area contributed by atoms with Crippen molar-refractivity contribution in [2.45, 2.75) is 62.7 Å². The van der Waals surface area contributed by atoms with Crippen LogP contribution in [0.5, 0.6) is 5.75 Å². The fraction of sp³-hybridized carbons (Fsp3) is 0.500. The van der Waals surface area contributed by atoms with Crippen LogP contribution in [0, 0.1) is 11.3 Å². The van der Waals surface area contributed by atoms with E-state index in [0.29, 0.717) is 18.8 Å². The van der Waals surface area contributed by atoms with E-state index in [4.69, 9.17) is 0 Å². The molecule has 2 aromatic carbocycles. The highest BCUT2D eigenvalue weighted by Crippen LogP contribution is 2.53. The summed E-state index contributed by atoms with van der Waals surface area (Å²) in [5, 5.41) is 10.8. The van der Waals surface area contributed by atoms with E-state index in [9.17, 15) is 26.7 Å². The number of ether oxygens (including phenoxy) is 1. The second kappa shape index (κ2) is 9.14. The zero-order chi connectivity index (χ0) is 24.7. The summed E-state index contributed by atoms with van der Waals surface area (Å²) in [6.45, 7) is 5.84. The van der Waals surface area contributed by atoms with Gasteiger partial charge in [0, 0.05) is 30.6 Å². The van der Waals surface area contributed by atoms with Gasteiger partial charge in [0.2, 0.25) is 10.0 Å². The molecule has 2 aromatic rings. The number of aliphatic hydroxyl groups excluding tert-OH is 1. The smallest absolute Gasteiger partial charge is 0.406 e. The lowest BCUT2D eigenvalue weighted by Gasteiger charge is -2.58. The summed E-state index contributed by atoms with van der Waals surface area (Å²) in [5.41, 5.74) is 1.01. The summed E-state index contributed by atoms with van der Waals surface area (Å²) in [7, 11) is -4.03. The maximum atomic E-state index is 12.9. The first-order valence-electron chi connectivity index (χ1n) is 11.2. The molecule has 1 saturated heterocycles. The van der Waals surface area contributed by atoms with E-state index in [0.717, 1.165) is 37.4 Å².